The van der Waals surface area contributed by atoms with Gasteiger partial charge in [-0.15, -0.1) is 0 Å². The van der Waals surface area contributed by atoms with Crippen molar-refractivity contribution in [3.05, 3.63) is 41.6 Å². The van der Waals surface area contributed by atoms with Crippen molar-refractivity contribution in [2.45, 2.75) is 108 Å². The van der Waals surface area contributed by atoms with Crippen LogP contribution in [0.15, 0.2) is 30.3 Å². The highest BCUT2D eigenvalue weighted by molar-refractivity contribution is 6.00. The van der Waals surface area contributed by atoms with Gasteiger partial charge in [0.2, 0.25) is 5.91 Å². The van der Waals surface area contributed by atoms with Crippen LogP contribution in [0.5, 0.6) is 5.75 Å². The monoisotopic (exact) mass is 671 g/mol. The number of amides is 2. The third-order valence-electron chi connectivity index (χ3n) is 11.8. The van der Waals surface area contributed by atoms with Crippen LogP contribution >= 0.6 is 0 Å². The minimum absolute atomic E-state index is 0.0346. The van der Waals surface area contributed by atoms with Gasteiger partial charge in [0.05, 0.1) is 22.9 Å². The molecule has 12 heteroatoms. The molecule has 2 aliphatic heterocycles. The number of aryl methyl sites for hydroxylation is 1. The average Bonchev–Trinajstić information content (AvgIpc) is 3.95. The lowest BCUT2D eigenvalue weighted by Gasteiger charge is -2.37. The second-order valence-electron chi connectivity index (χ2n) is 15.1. The number of piperidine rings is 1. The number of pyridine rings is 1. The van der Waals surface area contributed by atoms with Crippen LogP contribution in [0.4, 0.5) is 8.78 Å². The van der Waals surface area contributed by atoms with E-state index in [9.17, 15) is 18.4 Å². The van der Waals surface area contributed by atoms with Crippen LogP contribution in [-0.4, -0.2) is 61.1 Å². The molecule has 4 aromatic rings. The van der Waals surface area contributed by atoms with Crippen molar-refractivity contribution in [1.29, 1.82) is 0 Å². The maximum absolute atomic E-state index is 14.0. The SMILES string of the molecule is C[C@H]1NC(=O)[C@@H]2C[C@H]2CCCCCn2c(-c3nc4cc(C(=O)N5C[C@H](N)[C@@H]6CC[C@H]5C6)cc(OC(F)F)c4n3C3CC3)cc3ccc1nc32. The number of ether oxygens (including phenoxy) is 1. The number of fused-ring (bicyclic) bond motifs is 5. The van der Waals surface area contributed by atoms with Crippen LogP contribution in [-0.2, 0) is 11.3 Å². The van der Waals surface area contributed by atoms with Crippen molar-refractivity contribution >= 4 is 33.9 Å². The van der Waals surface area contributed by atoms with Gasteiger partial charge in [0.25, 0.3) is 5.91 Å². The van der Waals surface area contributed by atoms with Gasteiger partial charge in [0.1, 0.15) is 11.2 Å². The van der Waals surface area contributed by atoms with Crippen LogP contribution in [0, 0.1) is 17.8 Å². The molecule has 10 nitrogen and oxygen atoms in total. The second-order valence-corrected chi connectivity index (χ2v) is 15.1. The van der Waals surface area contributed by atoms with Crippen molar-refractivity contribution in [2.75, 3.05) is 6.54 Å². The molecule has 49 heavy (non-hydrogen) atoms. The largest absolute Gasteiger partial charge is 0.432 e. The summed E-state index contributed by atoms with van der Waals surface area (Å²) in [6.45, 7) is 0.0900. The molecule has 5 aliphatic rings. The Balaban J connectivity index is 1.17. The first-order valence-corrected chi connectivity index (χ1v) is 18.1. The van der Waals surface area contributed by atoms with E-state index in [4.69, 9.17) is 20.4 Å². The molecule has 0 unspecified atom stereocenters. The summed E-state index contributed by atoms with van der Waals surface area (Å²) in [4.78, 5) is 39.0. The third kappa shape index (κ3) is 5.46. The van der Waals surface area contributed by atoms with E-state index in [0.717, 1.165) is 93.2 Å². The lowest BCUT2D eigenvalue weighted by Crippen LogP contribution is -2.51. The number of benzene rings is 1. The number of likely N-dealkylation sites (tertiary alicyclic amines) is 1. The second kappa shape index (κ2) is 11.8. The van der Waals surface area contributed by atoms with Gasteiger partial charge >= 0.3 is 6.61 Å². The fraction of sp³-hybridized carbons (Fsp3) is 0.568. The number of rotatable bonds is 5. The van der Waals surface area contributed by atoms with Crippen LogP contribution in [0.3, 0.4) is 0 Å². The molecule has 1 saturated heterocycles. The first-order valence-electron chi connectivity index (χ1n) is 18.1. The van der Waals surface area contributed by atoms with E-state index in [0.29, 0.717) is 35.2 Å². The van der Waals surface area contributed by atoms with Gasteiger partial charge in [-0.3, -0.25) is 9.59 Å². The molecule has 0 spiro atoms. The molecule has 258 valence electrons. The molecule has 3 saturated carbocycles. The fourth-order valence-electron chi connectivity index (χ4n) is 8.91. The van der Waals surface area contributed by atoms with Gasteiger partial charge in [-0.2, -0.15) is 8.78 Å². The lowest BCUT2D eigenvalue weighted by molar-refractivity contribution is -0.123. The van der Waals surface area contributed by atoms with Crippen molar-refractivity contribution in [3.63, 3.8) is 0 Å². The van der Waals surface area contributed by atoms with Gasteiger partial charge in [0.15, 0.2) is 11.6 Å². The molecule has 1 aromatic carbocycles. The minimum Gasteiger partial charge on any atom is -0.432 e. The summed E-state index contributed by atoms with van der Waals surface area (Å²) in [5.74, 6) is 1.51. The van der Waals surface area contributed by atoms with E-state index in [-0.39, 0.29) is 53.2 Å². The number of nitrogens with zero attached hydrogens (tertiary/aromatic N) is 5. The average molecular weight is 672 g/mol. The number of nitrogens with one attached hydrogen (secondary N) is 1. The lowest BCUT2D eigenvalue weighted by atomic mass is 9.94. The molecule has 3 aromatic heterocycles. The van der Waals surface area contributed by atoms with E-state index >= 15 is 0 Å². The number of carbonyl (C=O) groups excluding carboxylic acids is 2. The molecule has 4 fully saturated rings. The highest BCUT2D eigenvalue weighted by Gasteiger charge is 2.43. The Bertz CT molecular complexity index is 1970. The van der Waals surface area contributed by atoms with Gasteiger partial charge < -0.3 is 29.8 Å². The molecule has 6 atom stereocenters. The zero-order valence-electron chi connectivity index (χ0n) is 27.8. The zero-order chi connectivity index (χ0) is 33.6. The summed E-state index contributed by atoms with van der Waals surface area (Å²) in [5, 5.41) is 4.13. The maximum atomic E-state index is 14.0. The molecule has 9 rings (SSSR count). The number of nitrogens with two attached hydrogens (primary N) is 1. The molecule has 4 bridgehead atoms. The van der Waals surface area contributed by atoms with E-state index < -0.39 is 6.61 Å². The van der Waals surface area contributed by atoms with Gasteiger partial charge in [-0.05, 0) is 100 Å². The number of aromatic nitrogens is 4. The van der Waals surface area contributed by atoms with Crippen LogP contribution in [0.25, 0.3) is 33.6 Å². The summed E-state index contributed by atoms with van der Waals surface area (Å²) < 4.78 is 37.4. The topological polar surface area (TPSA) is 120 Å². The molecule has 3 N–H and O–H groups in total. The quantitative estimate of drug-likeness (QED) is 0.256. The first kappa shape index (κ1) is 31.0. The van der Waals surface area contributed by atoms with Crippen LogP contribution in [0.1, 0.15) is 99.3 Å². The number of alkyl halides is 2. The normalized spacial score (nSPS) is 28.6. The number of hydrogen-bond acceptors (Lipinski definition) is 6. The highest BCUT2D eigenvalue weighted by Crippen LogP contribution is 2.46. The molecule has 3 aliphatic carbocycles. The number of halogens is 2. The minimum atomic E-state index is -3.06. The Labute approximate surface area is 283 Å². The zero-order valence-corrected chi connectivity index (χ0v) is 27.8. The Morgan fingerprint density at radius 3 is 2.65 bits per heavy atom. The van der Waals surface area contributed by atoms with Crippen LogP contribution in [0.2, 0.25) is 0 Å². The van der Waals surface area contributed by atoms with Gasteiger partial charge in [0, 0.05) is 48.1 Å². The smallest absolute Gasteiger partial charge is 0.387 e. The molecular weight excluding hydrogens is 628 g/mol. The Kier molecular flexibility index (Phi) is 7.44. The third-order valence-corrected chi connectivity index (χ3v) is 11.8. The Morgan fingerprint density at radius 1 is 1.00 bits per heavy atom. The maximum Gasteiger partial charge on any atom is 0.387 e. The summed E-state index contributed by atoms with van der Waals surface area (Å²) >= 11 is 0. The standard InChI is InChI=1S/C37H43F2N7O3/c1-19-28-11-7-22-16-30(44(33(22)42-28)12-4-2-3-5-20-14-26(20)35(47)41-19)34-43-29-15-23(36(48)45-18-27(40)21-6-8-25(45)13-21)17-31(49-37(38)39)32(29)46(34)24-9-10-24/h7,11,15-17,19-21,24-27,37H,2-6,8-10,12-14,18,40H2,1H3,(H,41,47)/t19-,20-,21-,25+,26-,27+/m1/s1. The summed E-state index contributed by atoms with van der Waals surface area (Å²) in [7, 11) is 0. The van der Waals surface area contributed by atoms with E-state index in [2.05, 4.69) is 16.0 Å². The van der Waals surface area contributed by atoms with Crippen LogP contribution < -0.4 is 15.8 Å². The summed E-state index contributed by atoms with van der Waals surface area (Å²) in [5.41, 5.74) is 10.1. The molecular formula is C37H43F2N7O3. The predicted octanol–water partition coefficient (Wildman–Crippen LogP) is 6.33. The fourth-order valence-corrected chi connectivity index (χ4v) is 8.91. The molecule has 2 amide bonds. The first-order chi connectivity index (χ1) is 23.7. The predicted molar refractivity (Wildman–Crippen MR) is 180 cm³/mol. The van der Waals surface area contributed by atoms with Crippen molar-refractivity contribution in [3.8, 4) is 17.3 Å². The van der Waals surface area contributed by atoms with E-state index in [1.54, 1.807) is 6.07 Å². The number of carbonyl (C=O) groups is 2. The Morgan fingerprint density at radius 2 is 1.84 bits per heavy atom. The van der Waals surface area contributed by atoms with Crippen molar-refractivity contribution in [2.24, 2.45) is 23.5 Å². The summed E-state index contributed by atoms with van der Waals surface area (Å²) in [6, 6.07) is 9.15. The number of hydrogen-bond donors (Lipinski definition) is 2. The molecule has 0 radical (unpaired) electrons. The van der Waals surface area contributed by atoms with E-state index in [1.807, 2.05) is 28.5 Å². The van der Waals surface area contributed by atoms with Gasteiger partial charge in [-0.25, -0.2) is 9.97 Å². The molecule has 5 heterocycles. The van der Waals surface area contributed by atoms with Crippen molar-refractivity contribution in [1.82, 2.24) is 29.3 Å². The number of imidazole rings is 1. The van der Waals surface area contributed by atoms with E-state index in [1.165, 1.54) is 6.07 Å². The van der Waals surface area contributed by atoms with Crippen molar-refractivity contribution < 1.29 is 23.1 Å². The van der Waals surface area contributed by atoms with Gasteiger partial charge in [-0.1, -0.05) is 12.8 Å². The summed E-state index contributed by atoms with van der Waals surface area (Å²) in [6.07, 6.45) is 9.61. The highest BCUT2D eigenvalue weighted by atomic mass is 19.3. The Hall–Kier alpha value is -4.06.